The third-order valence-electron chi connectivity index (χ3n) is 3.99. The Morgan fingerprint density at radius 3 is 2.76 bits per heavy atom. The second kappa shape index (κ2) is 5.68. The van der Waals surface area contributed by atoms with Crippen molar-refractivity contribution >= 4 is 5.82 Å². The molecule has 2 heterocycles. The first-order chi connectivity index (χ1) is 10.1. The number of rotatable bonds is 5. The molecule has 5 heteroatoms. The van der Waals surface area contributed by atoms with E-state index in [4.69, 9.17) is 0 Å². The zero-order valence-electron chi connectivity index (χ0n) is 12.4. The molecule has 0 bridgehead atoms. The van der Waals surface area contributed by atoms with Crippen molar-refractivity contribution in [2.45, 2.75) is 33.1 Å². The van der Waals surface area contributed by atoms with Gasteiger partial charge in [-0.05, 0) is 38.3 Å². The van der Waals surface area contributed by atoms with Gasteiger partial charge < -0.3 is 10.3 Å². The largest absolute Gasteiger partial charge is 0.370 e. The number of pyridine rings is 1. The van der Waals surface area contributed by atoms with Crippen LogP contribution in [0.4, 0.5) is 5.82 Å². The van der Waals surface area contributed by atoms with Gasteiger partial charge in [0.25, 0.3) is 5.56 Å². The summed E-state index contributed by atoms with van der Waals surface area (Å²) in [6.45, 7) is 4.58. The van der Waals surface area contributed by atoms with Crippen LogP contribution in [0.25, 0.3) is 11.4 Å². The summed E-state index contributed by atoms with van der Waals surface area (Å²) >= 11 is 0. The Labute approximate surface area is 123 Å². The fourth-order valence-corrected chi connectivity index (χ4v) is 2.23. The average molecular weight is 284 g/mol. The summed E-state index contributed by atoms with van der Waals surface area (Å²) in [5.41, 5.74) is 2.14. The molecular formula is C16H20N4O. The van der Waals surface area contributed by atoms with Crippen LogP contribution >= 0.6 is 0 Å². The second-order valence-electron chi connectivity index (χ2n) is 5.72. The highest BCUT2D eigenvalue weighted by molar-refractivity contribution is 5.56. The third kappa shape index (κ3) is 3.29. The van der Waals surface area contributed by atoms with Crippen molar-refractivity contribution < 1.29 is 0 Å². The molecule has 0 unspecified atom stereocenters. The maximum Gasteiger partial charge on any atom is 0.254 e. The van der Waals surface area contributed by atoms with E-state index in [-0.39, 0.29) is 5.56 Å². The molecule has 0 aromatic carbocycles. The molecule has 110 valence electrons. The van der Waals surface area contributed by atoms with Crippen LogP contribution in [0.15, 0.2) is 23.1 Å². The molecule has 0 spiro atoms. The molecule has 1 aliphatic rings. The summed E-state index contributed by atoms with van der Waals surface area (Å²) in [6, 6.07) is 3.86. The lowest BCUT2D eigenvalue weighted by atomic mass is 10.2. The van der Waals surface area contributed by atoms with Gasteiger partial charge >= 0.3 is 0 Å². The van der Waals surface area contributed by atoms with Crippen molar-refractivity contribution in [2.75, 3.05) is 11.9 Å². The van der Waals surface area contributed by atoms with Crippen molar-refractivity contribution in [3.63, 3.8) is 0 Å². The van der Waals surface area contributed by atoms with Crippen molar-refractivity contribution in [1.82, 2.24) is 15.0 Å². The number of nitrogens with one attached hydrogen (secondary N) is 2. The summed E-state index contributed by atoms with van der Waals surface area (Å²) in [7, 11) is 0. The molecule has 2 aromatic heterocycles. The quantitative estimate of drug-likeness (QED) is 0.885. The zero-order valence-corrected chi connectivity index (χ0v) is 12.4. The summed E-state index contributed by atoms with van der Waals surface area (Å²) in [4.78, 5) is 23.4. The number of aromatic nitrogens is 3. The molecule has 0 aliphatic heterocycles. The molecule has 21 heavy (non-hydrogen) atoms. The van der Waals surface area contributed by atoms with Crippen molar-refractivity contribution in [3.8, 4) is 11.4 Å². The highest BCUT2D eigenvalue weighted by Crippen LogP contribution is 2.32. The lowest BCUT2D eigenvalue weighted by Crippen LogP contribution is -2.14. The molecule has 0 amide bonds. The fourth-order valence-electron chi connectivity index (χ4n) is 2.23. The minimum atomic E-state index is -0.0934. The van der Waals surface area contributed by atoms with Crippen LogP contribution in [0, 0.1) is 19.8 Å². The van der Waals surface area contributed by atoms with Crippen molar-refractivity contribution in [2.24, 2.45) is 5.92 Å². The van der Waals surface area contributed by atoms with E-state index >= 15 is 0 Å². The number of nitrogens with zero attached hydrogens (tertiary/aromatic N) is 2. The summed E-state index contributed by atoms with van der Waals surface area (Å²) in [5.74, 6) is 2.35. The van der Waals surface area contributed by atoms with E-state index in [0.717, 1.165) is 29.5 Å². The van der Waals surface area contributed by atoms with Crippen LogP contribution in [0.1, 0.15) is 30.5 Å². The van der Waals surface area contributed by atoms with E-state index < -0.39 is 0 Å². The molecular weight excluding hydrogens is 264 g/mol. The molecule has 1 saturated carbocycles. The first-order valence-corrected chi connectivity index (χ1v) is 7.41. The van der Waals surface area contributed by atoms with E-state index in [0.29, 0.717) is 11.4 Å². The molecule has 0 saturated heterocycles. The lowest BCUT2D eigenvalue weighted by Gasteiger charge is -2.07. The normalized spacial score (nSPS) is 14.2. The molecule has 0 atom stereocenters. The van der Waals surface area contributed by atoms with Gasteiger partial charge in [0, 0.05) is 29.6 Å². The minimum absolute atomic E-state index is 0.0934. The number of aryl methyl sites for hydroxylation is 1. The predicted octanol–water partition coefficient (Wildman–Crippen LogP) is 2.66. The molecule has 2 aromatic rings. The Kier molecular flexibility index (Phi) is 3.73. The molecule has 1 aliphatic carbocycles. The van der Waals surface area contributed by atoms with E-state index in [1.54, 1.807) is 13.1 Å². The Balaban J connectivity index is 1.72. The van der Waals surface area contributed by atoms with E-state index in [9.17, 15) is 4.79 Å². The average Bonchev–Trinajstić information content (AvgIpc) is 3.29. The van der Waals surface area contributed by atoms with Crippen LogP contribution in [0.3, 0.4) is 0 Å². The van der Waals surface area contributed by atoms with E-state index in [1.165, 1.54) is 19.3 Å². The van der Waals surface area contributed by atoms with E-state index in [1.807, 2.05) is 19.1 Å². The standard InChI is InChI=1S/C16H20N4O/c1-10-11(2)19-15(20-16(10)21)13-5-6-14(18-9-13)17-8-7-12-3-4-12/h5-6,9,12H,3-4,7-8H2,1-2H3,(H,17,18)(H,19,20,21). The molecule has 1 fully saturated rings. The maximum atomic E-state index is 11.8. The van der Waals surface area contributed by atoms with Gasteiger partial charge in [-0.15, -0.1) is 0 Å². The molecule has 5 nitrogen and oxygen atoms in total. The summed E-state index contributed by atoms with van der Waals surface area (Å²) in [5, 5.41) is 3.32. The Bertz CT molecular complexity index is 686. The van der Waals surface area contributed by atoms with Crippen LogP contribution in [-0.2, 0) is 0 Å². The van der Waals surface area contributed by atoms with E-state index in [2.05, 4.69) is 20.3 Å². The molecule has 2 N–H and O–H groups in total. The molecule has 0 radical (unpaired) electrons. The maximum absolute atomic E-state index is 11.8. The van der Waals surface area contributed by atoms with Crippen LogP contribution in [0.2, 0.25) is 0 Å². The van der Waals surface area contributed by atoms with Crippen LogP contribution < -0.4 is 10.9 Å². The number of hydrogen-bond acceptors (Lipinski definition) is 4. The van der Waals surface area contributed by atoms with Gasteiger partial charge in [-0.3, -0.25) is 4.79 Å². The monoisotopic (exact) mass is 284 g/mol. The van der Waals surface area contributed by atoms with Gasteiger partial charge in [0.15, 0.2) is 0 Å². The Morgan fingerprint density at radius 2 is 2.14 bits per heavy atom. The number of hydrogen-bond donors (Lipinski definition) is 2. The van der Waals surface area contributed by atoms with Gasteiger partial charge in [0.05, 0.1) is 0 Å². The minimum Gasteiger partial charge on any atom is -0.370 e. The van der Waals surface area contributed by atoms with Gasteiger partial charge in [0.2, 0.25) is 0 Å². The fraction of sp³-hybridized carbons (Fsp3) is 0.438. The van der Waals surface area contributed by atoms with Gasteiger partial charge in [0.1, 0.15) is 11.6 Å². The SMILES string of the molecule is Cc1nc(-c2ccc(NCCC3CC3)nc2)[nH]c(=O)c1C. The lowest BCUT2D eigenvalue weighted by molar-refractivity contribution is 0.758. The third-order valence-corrected chi connectivity index (χ3v) is 3.99. The second-order valence-corrected chi connectivity index (χ2v) is 5.72. The van der Waals surface area contributed by atoms with Gasteiger partial charge in [-0.1, -0.05) is 12.8 Å². The predicted molar refractivity (Wildman–Crippen MR) is 83.4 cm³/mol. The Morgan fingerprint density at radius 1 is 1.33 bits per heavy atom. The molecule has 3 rings (SSSR count). The topological polar surface area (TPSA) is 70.7 Å². The Hall–Kier alpha value is -2.17. The summed E-state index contributed by atoms with van der Waals surface area (Å²) < 4.78 is 0. The van der Waals surface area contributed by atoms with Gasteiger partial charge in [-0.25, -0.2) is 9.97 Å². The number of aromatic amines is 1. The van der Waals surface area contributed by atoms with Gasteiger partial charge in [-0.2, -0.15) is 0 Å². The van der Waals surface area contributed by atoms with Crippen LogP contribution in [0.5, 0.6) is 0 Å². The van der Waals surface area contributed by atoms with Crippen molar-refractivity contribution in [1.29, 1.82) is 0 Å². The first kappa shape index (κ1) is 13.8. The highest BCUT2D eigenvalue weighted by Gasteiger charge is 2.20. The number of anilines is 1. The summed E-state index contributed by atoms with van der Waals surface area (Å²) in [6.07, 6.45) is 5.71. The van der Waals surface area contributed by atoms with Crippen molar-refractivity contribution in [3.05, 3.63) is 39.9 Å². The highest BCUT2D eigenvalue weighted by atomic mass is 16.1. The van der Waals surface area contributed by atoms with Crippen LogP contribution in [-0.4, -0.2) is 21.5 Å². The zero-order chi connectivity index (χ0) is 14.8. The smallest absolute Gasteiger partial charge is 0.254 e. The number of H-pyrrole nitrogens is 1. The first-order valence-electron chi connectivity index (χ1n) is 7.41.